The van der Waals surface area contributed by atoms with Crippen molar-refractivity contribution in [3.63, 3.8) is 0 Å². The molecule has 6 aromatic carbocycles. The van der Waals surface area contributed by atoms with Gasteiger partial charge >= 0.3 is 0 Å². The molecule has 0 saturated carbocycles. The van der Waals surface area contributed by atoms with Crippen LogP contribution in [0.15, 0.2) is 158 Å². The van der Waals surface area contributed by atoms with Crippen LogP contribution in [0.3, 0.4) is 0 Å². The molecule has 336 valence electrons. The van der Waals surface area contributed by atoms with Crippen LogP contribution >= 0.6 is 0 Å². The van der Waals surface area contributed by atoms with E-state index in [1.165, 1.54) is 27.8 Å². The number of ether oxygens (including phenoxy) is 2. The summed E-state index contributed by atoms with van der Waals surface area (Å²) in [6, 6.07) is 54.4. The summed E-state index contributed by atoms with van der Waals surface area (Å²) in [5, 5.41) is 9.02. The van der Waals surface area contributed by atoms with Crippen LogP contribution in [0, 0.1) is 0 Å². The van der Waals surface area contributed by atoms with E-state index in [0.29, 0.717) is 19.0 Å². The highest BCUT2D eigenvalue weighted by molar-refractivity contribution is 5.77. The van der Waals surface area contributed by atoms with Gasteiger partial charge in [0.1, 0.15) is 5.82 Å². The number of hydrogen-bond donors (Lipinski definition) is 7. The maximum atomic E-state index is 5.73. The lowest BCUT2D eigenvalue weighted by Crippen LogP contribution is -2.33. The first-order valence-electron chi connectivity index (χ1n) is 22.6. The van der Waals surface area contributed by atoms with Gasteiger partial charge in [0.05, 0.1) is 55.0 Å². The van der Waals surface area contributed by atoms with Gasteiger partial charge in [0, 0.05) is 64.6 Å². The third kappa shape index (κ3) is 14.8. The Morgan fingerprint density at radius 2 is 1.08 bits per heavy atom. The second-order valence-corrected chi connectivity index (χ2v) is 16.1. The number of para-hydroxylation sites is 5. The molecule has 13 nitrogen and oxygen atoms in total. The molecule has 7 N–H and O–H groups in total. The van der Waals surface area contributed by atoms with Crippen molar-refractivity contribution >= 4 is 33.7 Å². The Kier molecular flexibility index (Phi) is 17.1. The number of hydrazine groups is 2. The second kappa shape index (κ2) is 24.6. The van der Waals surface area contributed by atoms with E-state index < -0.39 is 0 Å². The van der Waals surface area contributed by atoms with Crippen molar-refractivity contribution < 1.29 is 9.47 Å². The number of hydrogen-bond acceptors (Lipinski definition) is 11. The first-order chi connectivity index (χ1) is 32.2. The van der Waals surface area contributed by atoms with E-state index in [-0.39, 0.29) is 0 Å². The zero-order valence-electron chi connectivity index (χ0n) is 37.0. The molecule has 9 rings (SSSR count). The zero-order chi connectivity index (χ0) is 44.1. The highest BCUT2D eigenvalue weighted by Crippen LogP contribution is 2.17. The number of imidazole rings is 2. The van der Waals surface area contributed by atoms with E-state index >= 15 is 0 Å². The number of rotatable bonds is 16. The molecule has 0 atom stereocenters. The molecule has 0 spiro atoms. The minimum absolute atomic E-state index is 0.657. The first kappa shape index (κ1) is 45.2. The topological polar surface area (TPSA) is 142 Å². The summed E-state index contributed by atoms with van der Waals surface area (Å²) in [5.41, 5.74) is 21.3. The fourth-order valence-electron chi connectivity index (χ4n) is 7.56. The molecule has 3 heterocycles. The molecular formula is C52H61N11O2. The van der Waals surface area contributed by atoms with E-state index in [1.54, 1.807) is 0 Å². The Labute approximate surface area is 381 Å². The summed E-state index contributed by atoms with van der Waals surface area (Å²) in [7, 11) is 0. The normalized spacial score (nSPS) is 14.0. The molecule has 13 heteroatoms. The van der Waals surface area contributed by atoms with Crippen LogP contribution in [-0.2, 0) is 48.7 Å². The van der Waals surface area contributed by atoms with Crippen LogP contribution in [0.4, 0.5) is 11.6 Å². The maximum absolute atomic E-state index is 5.73. The van der Waals surface area contributed by atoms with Gasteiger partial charge in [-0.2, -0.15) is 0 Å². The molecule has 0 bridgehead atoms. The second-order valence-electron chi connectivity index (χ2n) is 16.1. The van der Waals surface area contributed by atoms with Gasteiger partial charge in [-0.05, 0) is 64.2 Å². The lowest BCUT2D eigenvalue weighted by Gasteiger charge is -2.23. The molecule has 0 unspecified atom stereocenters. The highest BCUT2D eigenvalue weighted by atomic mass is 16.5. The molecule has 1 fully saturated rings. The van der Waals surface area contributed by atoms with Crippen LogP contribution in [0.2, 0.25) is 0 Å². The average Bonchev–Trinajstić information content (AvgIpc) is 3.95. The van der Waals surface area contributed by atoms with E-state index in [0.717, 1.165) is 112 Å². The SMILES string of the molecule is c1ccc(CNCc2ccc(CN(Cc3nc4ccccc4[nH]3)Nc3ccccc3)cc2)cc1.c1ccc2[nH]c(NNCc3ccc(CN4CCOCCNCCOCC4)cc3)nc2c1. The minimum Gasteiger partial charge on any atom is -0.379 e. The van der Waals surface area contributed by atoms with E-state index in [4.69, 9.17) is 14.5 Å². The predicted molar refractivity (Wildman–Crippen MR) is 262 cm³/mol. The van der Waals surface area contributed by atoms with E-state index in [2.05, 4.69) is 143 Å². The predicted octanol–water partition coefficient (Wildman–Crippen LogP) is 8.00. The summed E-state index contributed by atoms with van der Waals surface area (Å²) in [6.45, 7) is 11.3. The Bertz CT molecular complexity index is 2490. The molecule has 0 aliphatic carbocycles. The van der Waals surface area contributed by atoms with Gasteiger partial charge < -0.3 is 35.5 Å². The summed E-state index contributed by atoms with van der Waals surface area (Å²) in [4.78, 5) is 18.3. The number of nitrogens with one attached hydrogen (secondary N) is 7. The fraction of sp³-hybridized carbons (Fsp3) is 0.269. The molecule has 0 amide bonds. The lowest BCUT2D eigenvalue weighted by molar-refractivity contribution is 0.0639. The quantitative estimate of drug-likeness (QED) is 0.0475. The number of H-pyrrole nitrogens is 2. The molecule has 65 heavy (non-hydrogen) atoms. The van der Waals surface area contributed by atoms with Crippen molar-refractivity contribution in [2.24, 2.45) is 0 Å². The molecule has 1 aliphatic rings. The zero-order valence-corrected chi connectivity index (χ0v) is 37.0. The van der Waals surface area contributed by atoms with Gasteiger partial charge in [-0.15, -0.1) is 0 Å². The van der Waals surface area contributed by atoms with Gasteiger partial charge in [-0.25, -0.2) is 20.4 Å². The molecule has 2 aromatic heterocycles. The van der Waals surface area contributed by atoms with Crippen molar-refractivity contribution in [1.82, 2.24) is 45.9 Å². The Morgan fingerprint density at radius 3 is 1.74 bits per heavy atom. The van der Waals surface area contributed by atoms with Crippen LogP contribution in [-0.4, -0.2) is 82.5 Å². The Morgan fingerprint density at radius 1 is 0.523 bits per heavy atom. The molecule has 1 aliphatic heterocycles. The Hall–Kier alpha value is -6.42. The molecule has 0 radical (unpaired) electrons. The third-order valence-electron chi connectivity index (χ3n) is 11.0. The van der Waals surface area contributed by atoms with Gasteiger partial charge in [0.2, 0.25) is 5.95 Å². The van der Waals surface area contributed by atoms with Crippen LogP contribution in [0.1, 0.15) is 33.6 Å². The molecule has 1 saturated heterocycles. The smallest absolute Gasteiger partial charge is 0.215 e. The van der Waals surface area contributed by atoms with Crippen molar-refractivity contribution in [2.45, 2.75) is 39.3 Å². The lowest BCUT2D eigenvalue weighted by atomic mass is 10.1. The Balaban J connectivity index is 0.000000178. The fourth-order valence-corrected chi connectivity index (χ4v) is 7.56. The number of aromatic amines is 2. The minimum atomic E-state index is 0.657. The number of anilines is 2. The highest BCUT2D eigenvalue weighted by Gasteiger charge is 2.12. The summed E-state index contributed by atoms with van der Waals surface area (Å²) >= 11 is 0. The largest absolute Gasteiger partial charge is 0.379 e. The van der Waals surface area contributed by atoms with Gasteiger partial charge in [0.15, 0.2) is 0 Å². The monoisotopic (exact) mass is 872 g/mol. The van der Waals surface area contributed by atoms with Crippen LogP contribution in [0.25, 0.3) is 22.1 Å². The third-order valence-corrected chi connectivity index (χ3v) is 11.0. The summed E-state index contributed by atoms with van der Waals surface area (Å²) in [6.07, 6.45) is 0. The standard InChI is InChI=1S/C29H29N5.C23H32N6O2/c1-3-9-23(10-4-1)19-30-20-24-15-17-25(18-16-24)21-34(33-26-11-5-2-6-12-26)22-29-31-27-13-7-8-14-28(27)32-29;1-2-4-22-21(3-1)26-23(27-22)28-25-17-19-5-7-20(8-6-19)18-29-11-15-30-13-9-24-10-14-31-16-12-29/h1-18,30,33H,19-22H2,(H,31,32);1-8,24-25H,9-18H2,(H2,26,27,28). The van der Waals surface area contributed by atoms with Crippen molar-refractivity contribution in [2.75, 3.05) is 63.5 Å². The number of nitrogens with zero attached hydrogens (tertiary/aromatic N) is 4. The number of aromatic nitrogens is 4. The average molecular weight is 872 g/mol. The maximum Gasteiger partial charge on any atom is 0.215 e. The first-order valence-corrected chi connectivity index (χ1v) is 22.6. The van der Waals surface area contributed by atoms with E-state index in [9.17, 15) is 0 Å². The molecular weight excluding hydrogens is 811 g/mol. The molecule has 8 aromatic rings. The summed E-state index contributed by atoms with van der Waals surface area (Å²) < 4.78 is 11.5. The van der Waals surface area contributed by atoms with Crippen LogP contribution in [0.5, 0.6) is 0 Å². The van der Waals surface area contributed by atoms with Gasteiger partial charge in [-0.3, -0.25) is 10.3 Å². The van der Waals surface area contributed by atoms with Gasteiger partial charge in [0.25, 0.3) is 0 Å². The number of benzene rings is 6. The van der Waals surface area contributed by atoms with Gasteiger partial charge in [-0.1, -0.05) is 121 Å². The summed E-state index contributed by atoms with van der Waals surface area (Å²) in [5.74, 6) is 1.65. The van der Waals surface area contributed by atoms with Crippen molar-refractivity contribution in [1.29, 1.82) is 0 Å². The van der Waals surface area contributed by atoms with E-state index in [1.807, 2.05) is 66.7 Å². The van der Waals surface area contributed by atoms with Crippen molar-refractivity contribution in [3.8, 4) is 0 Å². The van der Waals surface area contributed by atoms with Crippen LogP contribution < -0.4 is 26.9 Å². The van der Waals surface area contributed by atoms with Crippen molar-refractivity contribution in [3.05, 3.63) is 191 Å². The number of fused-ring (bicyclic) bond motifs is 2.